The molecule has 1 aromatic rings. The molecule has 0 aliphatic carbocycles. The van der Waals surface area contributed by atoms with Crippen LogP contribution in [0.1, 0.15) is 13.8 Å². The fourth-order valence-electron chi connectivity index (χ4n) is 1.46. The number of nitrogens with one attached hydrogen (secondary N) is 3. The van der Waals surface area contributed by atoms with Crippen LogP contribution in [-0.2, 0) is 16.1 Å². The molecule has 0 spiro atoms. The number of hydrogen-bond acceptors (Lipinski definition) is 4. The summed E-state index contributed by atoms with van der Waals surface area (Å²) < 4.78 is 1.48. The van der Waals surface area contributed by atoms with Gasteiger partial charge in [-0.3, -0.25) is 14.3 Å². The molecule has 3 N–H and O–H groups in total. The van der Waals surface area contributed by atoms with E-state index in [0.717, 1.165) is 6.54 Å². The molecule has 1 rings (SSSR count). The Morgan fingerprint density at radius 2 is 2.21 bits per heavy atom. The number of likely N-dealkylation sites (N-methyl/N-ethyl adjacent to an activating group) is 1. The minimum Gasteiger partial charge on any atom is -0.358 e. The van der Waals surface area contributed by atoms with Gasteiger partial charge in [0.05, 0.1) is 11.9 Å². The summed E-state index contributed by atoms with van der Waals surface area (Å²) in [6.07, 6.45) is 3.16. The zero-order valence-corrected chi connectivity index (χ0v) is 11.6. The van der Waals surface area contributed by atoms with E-state index in [-0.39, 0.29) is 24.3 Å². The van der Waals surface area contributed by atoms with Crippen molar-refractivity contribution in [3.63, 3.8) is 0 Å². The van der Waals surface area contributed by atoms with E-state index in [0.29, 0.717) is 12.2 Å². The quantitative estimate of drug-likeness (QED) is 0.639. The Kier molecular flexibility index (Phi) is 6.01. The topological polar surface area (TPSA) is 88.1 Å². The van der Waals surface area contributed by atoms with E-state index in [9.17, 15) is 9.59 Å². The largest absolute Gasteiger partial charge is 0.358 e. The van der Waals surface area contributed by atoms with Gasteiger partial charge in [-0.15, -0.1) is 0 Å². The summed E-state index contributed by atoms with van der Waals surface area (Å²) in [7, 11) is 1.57. The summed E-state index contributed by atoms with van der Waals surface area (Å²) in [5.74, 6) is -0.329. The molecule has 7 nitrogen and oxygen atoms in total. The highest BCUT2D eigenvalue weighted by Gasteiger charge is 2.13. The molecule has 19 heavy (non-hydrogen) atoms. The molecule has 106 valence electrons. The predicted molar refractivity (Wildman–Crippen MR) is 72.6 cm³/mol. The van der Waals surface area contributed by atoms with Gasteiger partial charge >= 0.3 is 0 Å². The van der Waals surface area contributed by atoms with E-state index in [1.165, 1.54) is 10.9 Å². The molecule has 1 aromatic heterocycles. The third kappa shape index (κ3) is 5.09. The number of anilines is 1. The molecular weight excluding hydrogens is 246 g/mol. The Morgan fingerprint density at radius 3 is 2.84 bits per heavy atom. The zero-order chi connectivity index (χ0) is 14.3. The van der Waals surface area contributed by atoms with Crippen LogP contribution >= 0.6 is 0 Å². The van der Waals surface area contributed by atoms with E-state index >= 15 is 0 Å². The highest BCUT2D eigenvalue weighted by molar-refractivity contribution is 5.92. The van der Waals surface area contributed by atoms with Gasteiger partial charge in [-0.2, -0.15) is 5.10 Å². The van der Waals surface area contributed by atoms with Crippen LogP contribution in [0.5, 0.6) is 0 Å². The van der Waals surface area contributed by atoms with Crippen molar-refractivity contribution in [3.8, 4) is 0 Å². The maximum absolute atomic E-state index is 11.8. The normalized spacial score (nSPS) is 11.9. The lowest BCUT2D eigenvalue weighted by Gasteiger charge is -2.10. The average molecular weight is 267 g/mol. The van der Waals surface area contributed by atoms with Gasteiger partial charge in [-0.05, 0) is 6.54 Å². The lowest BCUT2D eigenvalue weighted by Crippen LogP contribution is -2.30. The highest BCUT2D eigenvalue weighted by Crippen LogP contribution is 2.07. The van der Waals surface area contributed by atoms with Crippen LogP contribution in [0.25, 0.3) is 0 Å². The first-order chi connectivity index (χ1) is 9.06. The van der Waals surface area contributed by atoms with Crippen molar-refractivity contribution in [2.24, 2.45) is 5.92 Å². The first kappa shape index (κ1) is 15.2. The summed E-state index contributed by atoms with van der Waals surface area (Å²) in [6.45, 7) is 5.45. The highest BCUT2D eigenvalue weighted by atomic mass is 16.2. The molecule has 0 saturated heterocycles. The van der Waals surface area contributed by atoms with Gasteiger partial charge < -0.3 is 16.0 Å². The van der Waals surface area contributed by atoms with Gasteiger partial charge in [0, 0.05) is 25.7 Å². The molecular formula is C12H21N5O2. The summed E-state index contributed by atoms with van der Waals surface area (Å²) in [5, 5.41) is 12.4. The Labute approximate surface area is 112 Å². The number of rotatable bonds is 7. The van der Waals surface area contributed by atoms with Gasteiger partial charge in [0.25, 0.3) is 0 Å². The Balaban J connectivity index is 2.48. The maximum Gasteiger partial charge on any atom is 0.241 e. The molecule has 1 atom stereocenters. The Bertz CT molecular complexity index is 430. The van der Waals surface area contributed by atoms with E-state index in [4.69, 9.17) is 0 Å². The van der Waals surface area contributed by atoms with Crippen LogP contribution in [0, 0.1) is 5.92 Å². The molecule has 7 heteroatoms. The van der Waals surface area contributed by atoms with Crippen molar-refractivity contribution < 1.29 is 9.59 Å². The fourth-order valence-corrected chi connectivity index (χ4v) is 1.46. The molecule has 0 aromatic carbocycles. The lowest BCUT2D eigenvalue weighted by molar-refractivity contribution is -0.121. The monoisotopic (exact) mass is 267 g/mol. The molecule has 2 amide bonds. The molecule has 0 fully saturated rings. The van der Waals surface area contributed by atoms with Gasteiger partial charge in [0.15, 0.2) is 0 Å². The van der Waals surface area contributed by atoms with Crippen LogP contribution in [0.3, 0.4) is 0 Å². The second kappa shape index (κ2) is 7.52. The minimum atomic E-state index is -0.138. The molecule has 0 radical (unpaired) electrons. The van der Waals surface area contributed by atoms with Crippen molar-refractivity contribution in [2.75, 3.05) is 25.5 Å². The molecule has 0 aliphatic rings. The average Bonchev–Trinajstić information content (AvgIpc) is 2.82. The second-order valence-electron chi connectivity index (χ2n) is 4.30. The number of aromatic nitrogens is 2. The first-order valence-electron chi connectivity index (χ1n) is 6.31. The van der Waals surface area contributed by atoms with E-state index in [2.05, 4.69) is 21.0 Å². The van der Waals surface area contributed by atoms with Gasteiger partial charge in [-0.1, -0.05) is 13.8 Å². The SMILES string of the molecule is CCNCC(C)C(=O)Nc1cnn(CC(=O)NC)c1. The maximum atomic E-state index is 11.8. The lowest BCUT2D eigenvalue weighted by atomic mass is 10.1. The molecule has 1 unspecified atom stereocenters. The van der Waals surface area contributed by atoms with Crippen molar-refractivity contribution in [3.05, 3.63) is 12.4 Å². The predicted octanol–water partition coefficient (Wildman–Crippen LogP) is -0.187. The van der Waals surface area contributed by atoms with Crippen molar-refractivity contribution in [1.29, 1.82) is 0 Å². The molecule has 0 aliphatic heterocycles. The molecule has 0 saturated carbocycles. The molecule has 1 heterocycles. The minimum absolute atomic E-state index is 0.0690. The van der Waals surface area contributed by atoms with Crippen LogP contribution < -0.4 is 16.0 Å². The summed E-state index contributed by atoms with van der Waals surface area (Å²) >= 11 is 0. The van der Waals surface area contributed by atoms with Crippen molar-refractivity contribution >= 4 is 17.5 Å². The van der Waals surface area contributed by atoms with Crippen LogP contribution in [0.2, 0.25) is 0 Å². The number of nitrogens with zero attached hydrogens (tertiary/aromatic N) is 2. The van der Waals surface area contributed by atoms with Gasteiger partial charge in [0.2, 0.25) is 11.8 Å². The number of carbonyl (C=O) groups excluding carboxylic acids is 2. The fraction of sp³-hybridized carbons (Fsp3) is 0.583. The summed E-state index contributed by atoms with van der Waals surface area (Å²) in [4.78, 5) is 23.0. The smallest absolute Gasteiger partial charge is 0.241 e. The number of hydrogen-bond donors (Lipinski definition) is 3. The first-order valence-corrected chi connectivity index (χ1v) is 6.31. The Morgan fingerprint density at radius 1 is 1.47 bits per heavy atom. The summed E-state index contributed by atoms with van der Waals surface area (Å²) in [5.41, 5.74) is 0.595. The third-order valence-corrected chi connectivity index (χ3v) is 2.63. The van der Waals surface area contributed by atoms with Crippen LogP contribution in [-0.4, -0.2) is 41.7 Å². The van der Waals surface area contributed by atoms with Gasteiger partial charge in [-0.25, -0.2) is 0 Å². The molecule has 0 bridgehead atoms. The summed E-state index contributed by atoms with van der Waals surface area (Å²) in [6, 6.07) is 0. The van der Waals surface area contributed by atoms with E-state index in [1.807, 2.05) is 13.8 Å². The number of carbonyl (C=O) groups is 2. The van der Waals surface area contributed by atoms with Gasteiger partial charge in [0.1, 0.15) is 6.54 Å². The second-order valence-corrected chi connectivity index (χ2v) is 4.30. The number of amides is 2. The van der Waals surface area contributed by atoms with E-state index < -0.39 is 0 Å². The van der Waals surface area contributed by atoms with E-state index in [1.54, 1.807) is 13.2 Å². The third-order valence-electron chi connectivity index (χ3n) is 2.63. The van der Waals surface area contributed by atoms with Crippen molar-refractivity contribution in [1.82, 2.24) is 20.4 Å². The van der Waals surface area contributed by atoms with Crippen molar-refractivity contribution in [2.45, 2.75) is 20.4 Å². The van der Waals surface area contributed by atoms with Crippen LogP contribution in [0.4, 0.5) is 5.69 Å². The zero-order valence-electron chi connectivity index (χ0n) is 11.6. The van der Waals surface area contributed by atoms with Crippen LogP contribution in [0.15, 0.2) is 12.4 Å². The standard InChI is InChI=1S/C12H21N5O2/c1-4-14-5-9(2)12(19)16-10-6-15-17(7-10)8-11(18)13-3/h6-7,9,14H,4-5,8H2,1-3H3,(H,13,18)(H,16,19). The Hall–Kier alpha value is -1.89.